The number of rotatable bonds is 1. The van der Waals surface area contributed by atoms with Crippen molar-refractivity contribution < 1.29 is 0 Å². The number of para-hydroxylation sites is 1. The predicted molar refractivity (Wildman–Crippen MR) is 263 cm³/mol. The molecule has 3 aliphatic heterocycles. The topological polar surface area (TPSA) is 3.24 Å². The molecule has 0 atom stereocenters. The lowest BCUT2D eigenvalue weighted by Crippen LogP contribution is -2.63. The average molecular weight is 772 g/mol. The molecule has 60 heavy (non-hydrogen) atoms. The predicted octanol–water partition coefficient (Wildman–Crippen LogP) is 10.9. The number of nitrogens with zero attached hydrogens (tertiary/aromatic N) is 1. The van der Waals surface area contributed by atoms with Crippen LogP contribution in [0.5, 0.6) is 0 Å². The lowest BCUT2D eigenvalue weighted by molar-refractivity contribution is 1.34. The lowest BCUT2D eigenvalue weighted by Gasteiger charge is -2.42. The van der Waals surface area contributed by atoms with Gasteiger partial charge in [-0.3, -0.25) is 0 Å². The monoisotopic (exact) mass is 771 g/mol. The van der Waals surface area contributed by atoms with Gasteiger partial charge in [-0.2, -0.15) is 0 Å². The highest BCUT2D eigenvalue weighted by atomic mass is 32.1. The van der Waals surface area contributed by atoms with E-state index in [1.807, 2.05) is 11.3 Å². The average Bonchev–Trinajstić information content (AvgIpc) is 3.87. The van der Waals surface area contributed by atoms with E-state index in [-0.39, 0.29) is 13.4 Å². The van der Waals surface area contributed by atoms with E-state index in [0.29, 0.717) is 0 Å². The summed E-state index contributed by atoms with van der Waals surface area (Å²) in [6.45, 7) is 0.161. The first-order chi connectivity index (χ1) is 29.8. The molecule has 15 rings (SSSR count). The van der Waals surface area contributed by atoms with Crippen molar-refractivity contribution in [3.63, 3.8) is 0 Å². The quantitative estimate of drug-likeness (QED) is 0.119. The molecule has 0 N–H and O–H groups in total. The Morgan fingerprint density at radius 2 is 0.800 bits per heavy atom. The van der Waals surface area contributed by atoms with Crippen molar-refractivity contribution in [3.05, 3.63) is 188 Å². The van der Waals surface area contributed by atoms with Crippen LogP contribution in [0.25, 0.3) is 85.8 Å². The van der Waals surface area contributed by atoms with Crippen LogP contribution < -0.4 is 37.7 Å². The van der Waals surface area contributed by atoms with Gasteiger partial charge in [-0.25, -0.2) is 0 Å². The van der Waals surface area contributed by atoms with Gasteiger partial charge in [-0.05, 0) is 115 Å². The minimum atomic E-state index is 0.0353. The zero-order valence-corrected chi connectivity index (χ0v) is 33.2. The second kappa shape index (κ2) is 11.3. The summed E-state index contributed by atoms with van der Waals surface area (Å²) < 4.78 is 1.33. The second-order valence-electron chi connectivity index (χ2n) is 16.9. The van der Waals surface area contributed by atoms with Gasteiger partial charge in [0.25, 0.3) is 0 Å². The highest BCUT2D eigenvalue weighted by Crippen LogP contribution is 2.48. The summed E-state index contributed by atoms with van der Waals surface area (Å²) in [7, 11) is 0. The van der Waals surface area contributed by atoms with Gasteiger partial charge >= 0.3 is 0 Å². The Balaban J connectivity index is 1.08. The first-order valence-electron chi connectivity index (χ1n) is 21.1. The van der Waals surface area contributed by atoms with Crippen LogP contribution >= 0.6 is 11.3 Å². The van der Waals surface area contributed by atoms with E-state index in [2.05, 4.69) is 193 Å². The van der Waals surface area contributed by atoms with E-state index in [0.717, 1.165) is 0 Å². The Labute approximate surface area is 350 Å². The van der Waals surface area contributed by atoms with Crippen LogP contribution in [0.1, 0.15) is 0 Å². The normalized spacial score (nSPS) is 13.6. The van der Waals surface area contributed by atoms with Crippen LogP contribution in [0.4, 0.5) is 16.4 Å². The molecule has 0 bridgehead atoms. The fourth-order valence-electron chi connectivity index (χ4n) is 12.1. The van der Waals surface area contributed by atoms with Crippen molar-refractivity contribution in [1.82, 2.24) is 0 Å². The molecule has 0 spiro atoms. The van der Waals surface area contributed by atoms with Crippen molar-refractivity contribution in [2.45, 2.75) is 0 Å². The molecule has 0 amide bonds. The molecule has 0 radical (unpaired) electrons. The summed E-state index contributed by atoms with van der Waals surface area (Å²) in [5, 5.41) is 18.6. The highest BCUT2D eigenvalue weighted by Gasteiger charge is 2.48. The molecule has 0 aliphatic carbocycles. The summed E-state index contributed by atoms with van der Waals surface area (Å²) in [6.07, 6.45) is 0. The van der Waals surface area contributed by atoms with Crippen LogP contribution in [0.15, 0.2) is 188 Å². The number of thiophene rings is 1. The number of anilines is 3. The van der Waals surface area contributed by atoms with Gasteiger partial charge in [0.15, 0.2) is 0 Å². The Morgan fingerprint density at radius 1 is 0.333 bits per heavy atom. The van der Waals surface area contributed by atoms with Crippen molar-refractivity contribution in [3.8, 4) is 11.1 Å². The molecule has 11 aromatic carbocycles. The van der Waals surface area contributed by atoms with Crippen LogP contribution in [-0.4, -0.2) is 13.4 Å². The second-order valence-corrected chi connectivity index (χ2v) is 18.0. The van der Waals surface area contributed by atoms with E-state index < -0.39 is 0 Å². The molecule has 0 saturated heterocycles. The Kier molecular flexibility index (Phi) is 6.00. The maximum absolute atomic E-state index is 2.68. The van der Waals surface area contributed by atoms with E-state index >= 15 is 0 Å². The molecule has 272 valence electrons. The Bertz CT molecular complexity index is 3860. The van der Waals surface area contributed by atoms with Gasteiger partial charge in [0.05, 0.1) is 5.00 Å². The van der Waals surface area contributed by atoms with Gasteiger partial charge in [0.2, 0.25) is 13.4 Å². The van der Waals surface area contributed by atoms with Crippen LogP contribution in [0.3, 0.4) is 0 Å². The number of fused-ring (bicyclic) bond motifs is 22. The third kappa shape index (κ3) is 3.78. The van der Waals surface area contributed by atoms with Crippen LogP contribution in [-0.2, 0) is 0 Å². The van der Waals surface area contributed by atoms with Crippen LogP contribution in [0.2, 0.25) is 0 Å². The highest BCUT2D eigenvalue weighted by molar-refractivity contribution is 7.27. The zero-order valence-electron chi connectivity index (χ0n) is 32.4. The van der Waals surface area contributed by atoms with E-state index in [1.54, 1.807) is 0 Å². The Hall–Kier alpha value is -7.13. The van der Waals surface area contributed by atoms with Gasteiger partial charge in [0, 0.05) is 16.1 Å². The van der Waals surface area contributed by atoms with E-state index in [9.17, 15) is 0 Å². The summed E-state index contributed by atoms with van der Waals surface area (Å²) in [5.41, 5.74) is 13.9. The lowest BCUT2D eigenvalue weighted by atomic mass is 9.31. The van der Waals surface area contributed by atoms with Crippen molar-refractivity contribution >= 4 is 149 Å². The molecule has 4 heteroatoms. The van der Waals surface area contributed by atoms with Gasteiger partial charge < -0.3 is 4.90 Å². The maximum Gasteiger partial charge on any atom is 0.249 e. The van der Waals surface area contributed by atoms with Gasteiger partial charge in [-0.1, -0.05) is 187 Å². The van der Waals surface area contributed by atoms with E-state index in [4.69, 9.17) is 0 Å². The molecule has 3 aliphatic rings. The first kappa shape index (κ1) is 31.8. The SMILES string of the molecule is c1cc2c3c(c1)B(c1cccc4c5ccccc5c5ccccc5c14)c1c(sc4ccccc14)N3c1cccc3c1B2c1ccc2c4ccccc4c4ccccc4c2c1-3. The molecule has 1 aromatic heterocycles. The molecule has 0 fully saturated rings. The minimum absolute atomic E-state index is 0.0353. The molecular weight excluding hydrogens is 740 g/mol. The Morgan fingerprint density at radius 3 is 1.45 bits per heavy atom. The molecule has 1 nitrogen and oxygen atoms in total. The van der Waals surface area contributed by atoms with Crippen molar-refractivity contribution in [2.75, 3.05) is 4.90 Å². The smallest absolute Gasteiger partial charge is 0.249 e. The summed E-state index contributed by atoms with van der Waals surface area (Å²) in [6, 6.07) is 71.6. The fourth-order valence-corrected chi connectivity index (χ4v) is 13.4. The zero-order chi connectivity index (χ0) is 38.8. The van der Waals surface area contributed by atoms with Crippen LogP contribution in [0, 0.1) is 0 Å². The fraction of sp³-hybridized carbons (Fsp3) is 0. The minimum Gasteiger partial charge on any atom is -0.304 e. The summed E-state index contributed by atoms with van der Waals surface area (Å²) in [5.74, 6) is 0. The largest absolute Gasteiger partial charge is 0.304 e. The van der Waals surface area contributed by atoms with Crippen molar-refractivity contribution in [1.29, 1.82) is 0 Å². The number of benzene rings is 11. The standard InChI is InChI=1S/C56H31B2NS/c1-3-16-35-32(14-1)34-17-5-7-20-38(34)50-39(35)23-11-25-44(50)58-47-27-13-26-46-55(47)59(56-54(58)42-22-9-10-29-49(42)60-56)48-28-12-24-43-52-45(57(46)53(43)48)31-30-41-37-19-4-2-15-33(37)36-18-6-8-21-40(36)51(41)52/h1-31H. The molecule has 12 aromatic rings. The van der Waals surface area contributed by atoms with Crippen molar-refractivity contribution in [2.24, 2.45) is 0 Å². The van der Waals surface area contributed by atoms with Gasteiger partial charge in [0.1, 0.15) is 0 Å². The molecule has 0 unspecified atom stereocenters. The maximum atomic E-state index is 2.68. The number of hydrogen-bond acceptors (Lipinski definition) is 2. The summed E-state index contributed by atoms with van der Waals surface area (Å²) in [4.78, 5) is 2.68. The molecule has 0 saturated carbocycles. The molecule has 4 heterocycles. The number of hydrogen-bond donors (Lipinski definition) is 0. The van der Waals surface area contributed by atoms with E-state index in [1.165, 1.54) is 135 Å². The third-order valence-electron chi connectivity index (χ3n) is 14.3. The molecular formula is C56H31B2NS. The van der Waals surface area contributed by atoms with Gasteiger partial charge in [-0.15, -0.1) is 11.3 Å². The first-order valence-corrected chi connectivity index (χ1v) is 21.9. The summed E-state index contributed by atoms with van der Waals surface area (Å²) >= 11 is 1.96. The third-order valence-corrected chi connectivity index (χ3v) is 15.5.